The number of aromatic nitrogens is 3. The first-order valence-electron chi connectivity index (χ1n) is 8.22. The van der Waals surface area contributed by atoms with Crippen LogP contribution in [0, 0.1) is 0 Å². The molecule has 28 heavy (non-hydrogen) atoms. The zero-order valence-electron chi connectivity index (χ0n) is 14.3. The fourth-order valence-electron chi connectivity index (χ4n) is 2.63. The number of para-hydroxylation sites is 2. The molecule has 0 unspecified atom stereocenters. The van der Waals surface area contributed by atoms with Crippen molar-refractivity contribution in [1.29, 1.82) is 0 Å². The summed E-state index contributed by atoms with van der Waals surface area (Å²) in [5.41, 5.74) is 0.857. The van der Waals surface area contributed by atoms with Crippen LogP contribution in [0.5, 0.6) is 0 Å². The van der Waals surface area contributed by atoms with Gasteiger partial charge in [-0.2, -0.15) is 0 Å². The van der Waals surface area contributed by atoms with Gasteiger partial charge < -0.3 is 5.32 Å². The van der Waals surface area contributed by atoms with Crippen LogP contribution in [0.1, 0.15) is 0 Å². The average molecular weight is 429 g/mol. The van der Waals surface area contributed by atoms with Gasteiger partial charge in [0.15, 0.2) is 10.3 Å². The molecule has 0 saturated heterocycles. The number of fused-ring (bicyclic) bond motifs is 1. The highest BCUT2D eigenvalue weighted by atomic mass is 35.5. The summed E-state index contributed by atoms with van der Waals surface area (Å²) in [5, 5.41) is 6.34. The van der Waals surface area contributed by atoms with Gasteiger partial charge in [-0.1, -0.05) is 47.6 Å². The fourth-order valence-corrected chi connectivity index (χ4v) is 4.20. The van der Waals surface area contributed by atoms with Crippen LogP contribution in [0.15, 0.2) is 70.1 Å². The third-order valence-electron chi connectivity index (χ3n) is 3.85. The molecule has 0 radical (unpaired) electrons. The van der Waals surface area contributed by atoms with E-state index in [0.717, 1.165) is 0 Å². The highest BCUT2D eigenvalue weighted by Gasteiger charge is 2.16. The highest BCUT2D eigenvalue weighted by molar-refractivity contribution is 7.99. The summed E-state index contributed by atoms with van der Waals surface area (Å²) in [4.78, 5) is 34.0. The molecule has 0 aliphatic carbocycles. The molecule has 1 N–H and O–H groups in total. The second kappa shape index (κ2) is 8.14. The van der Waals surface area contributed by atoms with Gasteiger partial charge in [-0.3, -0.25) is 14.2 Å². The molecule has 0 bridgehead atoms. The molecule has 0 aliphatic rings. The first kappa shape index (κ1) is 18.7. The SMILES string of the molecule is O=C(CSc1nc2ccccc2c(=O)n1-c1ccccc1Cl)Nc1nccs1. The normalized spacial score (nSPS) is 10.9. The number of anilines is 1. The van der Waals surface area contributed by atoms with Gasteiger partial charge in [0.2, 0.25) is 5.91 Å². The third kappa shape index (κ3) is 3.80. The van der Waals surface area contributed by atoms with Crippen molar-refractivity contribution in [3.63, 3.8) is 0 Å². The van der Waals surface area contributed by atoms with Crippen molar-refractivity contribution in [2.45, 2.75) is 5.16 Å². The smallest absolute Gasteiger partial charge is 0.266 e. The Morgan fingerprint density at radius 3 is 2.75 bits per heavy atom. The number of carbonyl (C=O) groups is 1. The van der Waals surface area contributed by atoms with E-state index in [1.165, 1.54) is 27.7 Å². The summed E-state index contributed by atoms with van der Waals surface area (Å²) in [6.45, 7) is 0. The van der Waals surface area contributed by atoms with E-state index < -0.39 is 0 Å². The van der Waals surface area contributed by atoms with Gasteiger partial charge >= 0.3 is 0 Å². The Balaban J connectivity index is 1.74. The van der Waals surface area contributed by atoms with Gasteiger partial charge in [-0.25, -0.2) is 9.97 Å². The molecule has 9 heteroatoms. The first-order chi connectivity index (χ1) is 13.6. The summed E-state index contributed by atoms with van der Waals surface area (Å²) in [5.74, 6) is -0.150. The van der Waals surface area contributed by atoms with Crippen molar-refractivity contribution < 1.29 is 4.79 Å². The summed E-state index contributed by atoms with van der Waals surface area (Å²) in [7, 11) is 0. The maximum Gasteiger partial charge on any atom is 0.266 e. The van der Waals surface area contributed by atoms with Crippen LogP contribution in [0.25, 0.3) is 16.6 Å². The van der Waals surface area contributed by atoms with Crippen molar-refractivity contribution in [2.24, 2.45) is 0 Å². The predicted octanol–water partition coefficient (Wildman–Crippen LogP) is 4.23. The molecule has 2 aromatic heterocycles. The molecule has 4 aromatic rings. The lowest BCUT2D eigenvalue weighted by Gasteiger charge is -2.14. The van der Waals surface area contributed by atoms with Crippen molar-refractivity contribution in [1.82, 2.24) is 14.5 Å². The maximum atomic E-state index is 13.1. The van der Waals surface area contributed by atoms with Crippen LogP contribution in [0.2, 0.25) is 5.02 Å². The quantitative estimate of drug-likeness (QED) is 0.380. The average Bonchev–Trinajstić information content (AvgIpc) is 3.20. The Hall–Kier alpha value is -2.68. The van der Waals surface area contributed by atoms with Crippen molar-refractivity contribution in [2.75, 3.05) is 11.1 Å². The lowest BCUT2D eigenvalue weighted by atomic mass is 10.2. The van der Waals surface area contributed by atoms with E-state index in [2.05, 4.69) is 15.3 Å². The number of nitrogens with zero attached hydrogens (tertiary/aromatic N) is 3. The number of hydrogen-bond acceptors (Lipinski definition) is 6. The molecule has 2 heterocycles. The number of nitrogens with one attached hydrogen (secondary N) is 1. The number of halogens is 1. The van der Waals surface area contributed by atoms with Gasteiger partial charge in [0, 0.05) is 11.6 Å². The predicted molar refractivity (Wildman–Crippen MR) is 114 cm³/mol. The van der Waals surface area contributed by atoms with Gasteiger partial charge in [0.05, 0.1) is 27.4 Å². The summed E-state index contributed by atoms with van der Waals surface area (Å²) in [6, 6.07) is 14.2. The largest absolute Gasteiger partial charge is 0.301 e. The Labute approximate surface area is 173 Å². The number of amides is 1. The van der Waals surface area contributed by atoms with E-state index in [9.17, 15) is 9.59 Å². The van der Waals surface area contributed by atoms with Crippen LogP contribution >= 0.6 is 34.7 Å². The molecule has 0 spiro atoms. The third-order valence-corrected chi connectivity index (χ3v) is 5.80. The van der Waals surface area contributed by atoms with E-state index in [1.54, 1.807) is 54.0 Å². The second-order valence-corrected chi connectivity index (χ2v) is 7.92. The topological polar surface area (TPSA) is 76.9 Å². The van der Waals surface area contributed by atoms with Crippen LogP contribution in [0.4, 0.5) is 5.13 Å². The number of hydrogen-bond donors (Lipinski definition) is 1. The van der Waals surface area contributed by atoms with E-state index >= 15 is 0 Å². The molecule has 0 fully saturated rings. The number of thioether (sulfide) groups is 1. The van der Waals surface area contributed by atoms with Crippen molar-refractivity contribution in [3.8, 4) is 5.69 Å². The number of rotatable bonds is 5. The summed E-state index contributed by atoms with van der Waals surface area (Å²) >= 11 is 8.83. The van der Waals surface area contributed by atoms with Gasteiger partial charge in [0.1, 0.15) is 0 Å². The second-order valence-electron chi connectivity index (χ2n) is 5.68. The standard InChI is InChI=1S/C19H13ClN4O2S2/c20-13-6-2-4-8-15(13)24-17(26)12-5-1-3-7-14(12)22-19(24)28-11-16(25)23-18-21-9-10-27-18/h1-10H,11H2,(H,21,23,25). The van der Waals surface area contributed by atoms with E-state index in [-0.39, 0.29) is 17.2 Å². The fraction of sp³-hybridized carbons (Fsp3) is 0.0526. The Bertz CT molecular complexity index is 1210. The van der Waals surface area contributed by atoms with E-state index in [0.29, 0.717) is 31.9 Å². The molecule has 1 amide bonds. The maximum absolute atomic E-state index is 13.1. The first-order valence-corrected chi connectivity index (χ1v) is 10.5. The van der Waals surface area contributed by atoms with Gasteiger partial charge in [-0.05, 0) is 24.3 Å². The molecule has 2 aromatic carbocycles. The minimum Gasteiger partial charge on any atom is -0.301 e. The monoisotopic (exact) mass is 428 g/mol. The van der Waals surface area contributed by atoms with Crippen molar-refractivity contribution in [3.05, 3.63) is 75.5 Å². The molecule has 4 rings (SSSR count). The van der Waals surface area contributed by atoms with Crippen molar-refractivity contribution >= 4 is 56.6 Å². The van der Waals surface area contributed by atoms with Crippen LogP contribution in [-0.2, 0) is 4.79 Å². The lowest BCUT2D eigenvalue weighted by molar-refractivity contribution is -0.113. The molecule has 0 aliphatic heterocycles. The van der Waals surface area contributed by atoms with Crippen LogP contribution < -0.4 is 10.9 Å². The molecule has 140 valence electrons. The number of benzene rings is 2. The van der Waals surface area contributed by atoms with E-state index in [4.69, 9.17) is 11.6 Å². The summed E-state index contributed by atoms with van der Waals surface area (Å²) in [6.07, 6.45) is 1.62. The van der Waals surface area contributed by atoms with Gasteiger partial charge in [0.25, 0.3) is 5.56 Å². The van der Waals surface area contributed by atoms with Crippen LogP contribution in [0.3, 0.4) is 0 Å². The number of carbonyl (C=O) groups excluding carboxylic acids is 1. The molecular weight excluding hydrogens is 416 g/mol. The zero-order valence-corrected chi connectivity index (χ0v) is 16.7. The summed E-state index contributed by atoms with van der Waals surface area (Å²) < 4.78 is 1.45. The lowest BCUT2D eigenvalue weighted by Crippen LogP contribution is -2.23. The molecule has 0 saturated carbocycles. The molecule has 0 atom stereocenters. The highest BCUT2D eigenvalue weighted by Crippen LogP contribution is 2.25. The Morgan fingerprint density at radius 1 is 1.18 bits per heavy atom. The molecular formula is C19H13ClN4O2S2. The van der Waals surface area contributed by atoms with E-state index in [1.807, 2.05) is 6.07 Å². The minimum absolute atomic E-state index is 0.0782. The Morgan fingerprint density at radius 2 is 1.96 bits per heavy atom. The van der Waals surface area contributed by atoms with Gasteiger partial charge in [-0.15, -0.1) is 11.3 Å². The Kier molecular flexibility index (Phi) is 5.43. The molecule has 6 nitrogen and oxygen atoms in total. The minimum atomic E-state index is -0.235. The van der Waals surface area contributed by atoms with Crippen LogP contribution in [-0.4, -0.2) is 26.2 Å². The zero-order chi connectivity index (χ0) is 19.5. The number of thiazole rings is 1.